The van der Waals surface area contributed by atoms with Gasteiger partial charge < -0.3 is 10.2 Å². The zero-order valence-corrected chi connectivity index (χ0v) is 23.1. The lowest BCUT2D eigenvalue weighted by Crippen LogP contribution is -2.54. The molecule has 43 heavy (non-hydrogen) atoms. The Morgan fingerprint density at radius 3 is 2.58 bits per heavy atom. The van der Waals surface area contributed by atoms with E-state index in [1.165, 1.54) is 58.5 Å². The molecule has 2 atom stereocenters. The Morgan fingerprint density at radius 1 is 1.12 bits per heavy atom. The van der Waals surface area contributed by atoms with Crippen molar-refractivity contribution in [1.82, 2.24) is 10.3 Å². The van der Waals surface area contributed by atoms with Crippen LogP contribution in [0, 0.1) is 23.0 Å². The molecule has 2 aromatic carbocycles. The second-order valence-electron chi connectivity index (χ2n) is 11.5. The summed E-state index contributed by atoms with van der Waals surface area (Å²) in [6.07, 6.45) is 2.48. The van der Waals surface area contributed by atoms with Crippen LogP contribution in [0.4, 0.5) is 29.1 Å². The minimum atomic E-state index is -2.79. The predicted molar refractivity (Wildman–Crippen MR) is 150 cm³/mol. The molecule has 0 spiro atoms. The van der Waals surface area contributed by atoms with Crippen LogP contribution in [0.2, 0.25) is 0 Å². The molecule has 0 bridgehead atoms. The Bertz CT molecular complexity index is 1600. The van der Waals surface area contributed by atoms with Crippen molar-refractivity contribution in [3.63, 3.8) is 0 Å². The number of pyridine rings is 1. The number of hydrogen-bond donors (Lipinski definition) is 1. The van der Waals surface area contributed by atoms with Crippen LogP contribution in [0.25, 0.3) is 0 Å². The zero-order chi connectivity index (χ0) is 30.3. The van der Waals surface area contributed by atoms with E-state index in [0.717, 1.165) is 12.8 Å². The van der Waals surface area contributed by atoms with Gasteiger partial charge in [0.15, 0.2) is 0 Å². The number of anilines is 2. The number of alkyl halides is 2. The largest absolute Gasteiger partial charge is 0.311 e. The summed E-state index contributed by atoms with van der Waals surface area (Å²) in [4.78, 5) is 34.5. The number of hydrogen-bond acceptors (Lipinski definition) is 5. The van der Waals surface area contributed by atoms with Crippen molar-refractivity contribution in [2.45, 2.75) is 68.5 Å². The van der Waals surface area contributed by atoms with Crippen molar-refractivity contribution in [2.24, 2.45) is 0 Å². The Balaban J connectivity index is 1.44. The van der Waals surface area contributed by atoms with Crippen LogP contribution < -0.4 is 15.1 Å². The third-order valence-corrected chi connectivity index (χ3v) is 8.35. The summed E-state index contributed by atoms with van der Waals surface area (Å²) in [5, 5.41) is 12.5. The fourth-order valence-electron chi connectivity index (χ4n) is 6.00. The highest BCUT2D eigenvalue weighted by molar-refractivity contribution is 6.08. The lowest BCUT2D eigenvalue weighted by molar-refractivity contribution is -0.122. The first-order valence-corrected chi connectivity index (χ1v) is 14.3. The highest BCUT2D eigenvalue weighted by Gasteiger charge is 2.46. The van der Waals surface area contributed by atoms with Gasteiger partial charge in [0.25, 0.3) is 11.8 Å². The van der Waals surface area contributed by atoms with E-state index in [-0.39, 0.29) is 66.7 Å². The first-order valence-electron chi connectivity index (χ1n) is 14.3. The predicted octanol–water partition coefficient (Wildman–Crippen LogP) is 5.77. The van der Waals surface area contributed by atoms with Gasteiger partial charge >= 0.3 is 0 Å². The number of aromatic nitrogens is 1. The van der Waals surface area contributed by atoms with E-state index in [0.29, 0.717) is 5.56 Å². The fraction of sp³-hybridized carbons (Fsp3) is 0.375. The SMILES string of the molecule is N#Cc1ccnc(N2C(=O)CCC2C(=O)N(c2cc(F)cc(C3CC3)c2)C(CNC2CC(F)(F)C2)c2ccccc2F)c1. The molecular weight excluding hydrogens is 562 g/mol. The molecule has 1 N–H and O–H groups in total. The second-order valence-corrected chi connectivity index (χ2v) is 11.5. The van der Waals surface area contributed by atoms with E-state index < -0.39 is 41.6 Å². The first-order chi connectivity index (χ1) is 20.6. The smallest absolute Gasteiger partial charge is 0.251 e. The molecular formula is C32H29F4N5O2. The summed E-state index contributed by atoms with van der Waals surface area (Å²) in [5.41, 5.74) is 1.25. The number of halogens is 4. The number of carbonyl (C=O) groups is 2. The fourth-order valence-corrected chi connectivity index (χ4v) is 6.00. The van der Waals surface area contributed by atoms with Crippen molar-refractivity contribution >= 4 is 23.3 Å². The summed E-state index contributed by atoms with van der Waals surface area (Å²) < 4.78 is 57.8. The highest BCUT2D eigenvalue weighted by atomic mass is 19.3. The minimum absolute atomic E-state index is 0.0267. The van der Waals surface area contributed by atoms with Crippen LogP contribution in [0.1, 0.15) is 67.2 Å². The molecule has 0 radical (unpaired) electrons. The highest BCUT2D eigenvalue weighted by Crippen LogP contribution is 2.43. The minimum Gasteiger partial charge on any atom is -0.311 e. The van der Waals surface area contributed by atoms with E-state index in [2.05, 4.69) is 10.3 Å². The average molecular weight is 592 g/mol. The van der Waals surface area contributed by atoms with E-state index in [1.807, 2.05) is 6.07 Å². The molecule has 1 aliphatic heterocycles. The maximum atomic E-state index is 15.4. The quantitative estimate of drug-likeness (QED) is 0.320. The summed E-state index contributed by atoms with van der Waals surface area (Å²) >= 11 is 0. The maximum absolute atomic E-state index is 15.4. The second kappa shape index (κ2) is 11.4. The molecule has 3 fully saturated rings. The monoisotopic (exact) mass is 591 g/mol. The molecule has 1 aromatic heterocycles. The number of amides is 2. The lowest BCUT2D eigenvalue weighted by Gasteiger charge is -2.40. The maximum Gasteiger partial charge on any atom is 0.251 e. The van der Waals surface area contributed by atoms with Gasteiger partial charge in [-0.1, -0.05) is 18.2 Å². The number of nitrogens with one attached hydrogen (secondary N) is 1. The topological polar surface area (TPSA) is 89.3 Å². The van der Waals surface area contributed by atoms with E-state index in [1.54, 1.807) is 12.1 Å². The Kier molecular flexibility index (Phi) is 7.65. The van der Waals surface area contributed by atoms with Crippen LogP contribution in [0.3, 0.4) is 0 Å². The van der Waals surface area contributed by atoms with Gasteiger partial charge in [0.05, 0.1) is 17.7 Å². The normalized spacial score (nSPS) is 20.4. The van der Waals surface area contributed by atoms with Gasteiger partial charge in [-0.3, -0.25) is 14.5 Å². The summed E-state index contributed by atoms with van der Waals surface area (Å²) in [5.74, 6) is -4.71. The Morgan fingerprint density at radius 2 is 1.88 bits per heavy atom. The third kappa shape index (κ3) is 5.97. The van der Waals surface area contributed by atoms with E-state index in [9.17, 15) is 23.6 Å². The molecule has 2 unspecified atom stereocenters. The number of nitrogens with zero attached hydrogens (tertiary/aromatic N) is 4. The lowest BCUT2D eigenvalue weighted by atomic mass is 9.88. The number of rotatable bonds is 9. The van der Waals surface area contributed by atoms with Crippen molar-refractivity contribution in [2.75, 3.05) is 16.3 Å². The van der Waals surface area contributed by atoms with Crippen molar-refractivity contribution in [3.05, 3.63) is 89.1 Å². The molecule has 222 valence electrons. The van der Waals surface area contributed by atoms with Crippen LogP contribution in [0.5, 0.6) is 0 Å². The average Bonchev–Trinajstić information content (AvgIpc) is 3.75. The molecule has 2 amide bonds. The van der Waals surface area contributed by atoms with Crippen LogP contribution >= 0.6 is 0 Å². The zero-order valence-electron chi connectivity index (χ0n) is 23.1. The van der Waals surface area contributed by atoms with Gasteiger partial charge in [-0.15, -0.1) is 0 Å². The molecule has 6 rings (SSSR count). The molecule has 7 nitrogen and oxygen atoms in total. The molecule has 3 aliphatic rings. The molecule has 2 aliphatic carbocycles. The van der Waals surface area contributed by atoms with Gasteiger partial charge in [0, 0.05) is 49.3 Å². The van der Waals surface area contributed by atoms with Gasteiger partial charge in [-0.25, -0.2) is 22.5 Å². The molecule has 2 saturated carbocycles. The van der Waals surface area contributed by atoms with Gasteiger partial charge in [0.1, 0.15) is 23.5 Å². The number of carbonyl (C=O) groups excluding carboxylic acids is 2. The summed E-state index contributed by atoms with van der Waals surface area (Å²) in [6, 6.07) is 12.4. The van der Waals surface area contributed by atoms with Crippen molar-refractivity contribution in [1.29, 1.82) is 5.26 Å². The molecule has 3 aromatic rings. The van der Waals surface area contributed by atoms with Crippen LogP contribution in [-0.4, -0.2) is 41.3 Å². The van der Waals surface area contributed by atoms with E-state index >= 15 is 8.78 Å². The Labute approximate surface area is 246 Å². The number of nitriles is 1. The molecule has 2 heterocycles. The van der Waals surface area contributed by atoms with Crippen molar-refractivity contribution < 1.29 is 27.2 Å². The standard InChI is InChI=1S/C32H29F4N5O2/c33-22-12-21(20-5-6-20)13-24(14-22)40(28(25-3-1-2-4-26(25)34)18-39-23-15-32(35,36)16-23)31(43)27-7-8-30(42)41(27)29-11-19(17-37)9-10-38-29/h1-4,9-14,20,23,27-28,39H,5-8,15-16,18H2. The molecule has 11 heteroatoms. The third-order valence-electron chi connectivity index (χ3n) is 8.35. The van der Waals surface area contributed by atoms with Gasteiger partial charge in [-0.2, -0.15) is 5.26 Å². The Hall–Kier alpha value is -4.30. The summed E-state index contributed by atoms with van der Waals surface area (Å²) in [6.45, 7) is -0.0917. The van der Waals surface area contributed by atoms with E-state index in [4.69, 9.17) is 0 Å². The van der Waals surface area contributed by atoms with Crippen LogP contribution in [-0.2, 0) is 9.59 Å². The summed E-state index contributed by atoms with van der Waals surface area (Å²) in [7, 11) is 0. The van der Waals surface area contributed by atoms with Crippen LogP contribution in [0.15, 0.2) is 60.8 Å². The first kappa shape index (κ1) is 28.8. The number of benzene rings is 2. The van der Waals surface area contributed by atoms with Gasteiger partial charge in [0.2, 0.25) is 5.91 Å². The van der Waals surface area contributed by atoms with Gasteiger partial charge in [-0.05, 0) is 67.1 Å². The van der Waals surface area contributed by atoms with Crippen molar-refractivity contribution in [3.8, 4) is 6.07 Å². The molecule has 1 saturated heterocycles.